The number of fused-ring (bicyclic) bond motifs is 1. The van der Waals surface area contributed by atoms with Gasteiger partial charge < -0.3 is 15.0 Å². The summed E-state index contributed by atoms with van der Waals surface area (Å²) in [6.45, 7) is 3.16. The Morgan fingerprint density at radius 1 is 1.03 bits per heavy atom. The van der Waals surface area contributed by atoms with Gasteiger partial charge in [0, 0.05) is 55.2 Å². The summed E-state index contributed by atoms with van der Waals surface area (Å²) in [4.78, 5) is 12.3. The lowest BCUT2D eigenvalue weighted by molar-refractivity contribution is 0.122. The molecular weight excluding hydrogens is 420 g/mol. The maximum Gasteiger partial charge on any atom is 0.131 e. The number of pyridine rings is 2. The van der Waals surface area contributed by atoms with Crippen LogP contribution in [-0.4, -0.2) is 56.9 Å². The highest BCUT2D eigenvalue weighted by Gasteiger charge is 2.14. The van der Waals surface area contributed by atoms with Gasteiger partial charge in [-0.05, 0) is 41.1 Å². The third-order valence-electron chi connectivity index (χ3n) is 5.49. The molecule has 5 rings (SSSR count). The van der Waals surface area contributed by atoms with E-state index < -0.39 is 0 Å². The molecule has 1 aliphatic heterocycles. The molecule has 3 aromatic heterocycles. The monoisotopic (exact) mass is 444 g/mol. The van der Waals surface area contributed by atoms with E-state index in [0.717, 1.165) is 70.4 Å². The van der Waals surface area contributed by atoms with E-state index in [1.807, 2.05) is 42.6 Å². The summed E-state index contributed by atoms with van der Waals surface area (Å²) in [5, 5.41) is 9.93. The van der Waals surface area contributed by atoms with Gasteiger partial charge in [0.2, 0.25) is 0 Å². The summed E-state index contributed by atoms with van der Waals surface area (Å²) < 4.78 is 7.27. The second-order valence-corrected chi connectivity index (χ2v) is 8.33. The van der Waals surface area contributed by atoms with Gasteiger partial charge in [0.15, 0.2) is 0 Å². The number of ether oxygens (including phenoxy) is 1. The Labute approximate surface area is 190 Å². The van der Waals surface area contributed by atoms with E-state index in [1.54, 1.807) is 0 Å². The molecule has 0 spiro atoms. The molecular formula is C24H24N6OS. The average Bonchev–Trinajstić information content (AvgIpc) is 3.29. The minimum atomic E-state index is 0.729. The minimum absolute atomic E-state index is 0.729. The van der Waals surface area contributed by atoms with Gasteiger partial charge in [-0.2, -0.15) is 5.10 Å². The van der Waals surface area contributed by atoms with Gasteiger partial charge in [-0.15, -0.1) is 10.9 Å². The summed E-state index contributed by atoms with van der Waals surface area (Å²) >= 11 is 0. The first-order valence-electron chi connectivity index (χ1n) is 10.4. The number of morpholine rings is 1. The maximum atomic E-state index is 5.46. The number of aryl methyl sites for hydroxylation is 1. The van der Waals surface area contributed by atoms with Crippen molar-refractivity contribution in [3.8, 4) is 11.1 Å². The smallest absolute Gasteiger partial charge is 0.131 e. The molecule has 4 heterocycles. The Balaban J connectivity index is 1.42. The van der Waals surface area contributed by atoms with Crippen LogP contribution in [0.15, 0.2) is 61.2 Å². The molecule has 0 saturated carbocycles. The first-order chi connectivity index (χ1) is 15.7. The molecule has 0 aliphatic carbocycles. The maximum absolute atomic E-state index is 5.46. The van der Waals surface area contributed by atoms with Gasteiger partial charge >= 0.3 is 0 Å². The molecule has 32 heavy (non-hydrogen) atoms. The van der Waals surface area contributed by atoms with Crippen molar-refractivity contribution in [3.05, 3.63) is 66.7 Å². The van der Waals surface area contributed by atoms with Crippen LogP contribution < -0.4 is 10.2 Å². The number of hydrogen-bond acceptors (Lipinski definition) is 5. The number of rotatable bonds is 4. The van der Waals surface area contributed by atoms with Crippen molar-refractivity contribution in [1.29, 1.82) is 0 Å². The second kappa shape index (κ2) is 8.94. The zero-order valence-corrected chi connectivity index (χ0v) is 18.7. The van der Waals surface area contributed by atoms with Crippen LogP contribution in [0.5, 0.6) is 0 Å². The third kappa shape index (κ3) is 4.28. The molecule has 1 saturated heterocycles. The molecule has 0 unspecified atom stereocenters. The van der Waals surface area contributed by atoms with Crippen molar-refractivity contribution >= 4 is 44.2 Å². The molecule has 4 aromatic rings. The largest absolute Gasteiger partial charge is 0.378 e. The first kappa shape index (κ1) is 20.4. The summed E-state index contributed by atoms with van der Waals surface area (Å²) in [6.07, 6.45) is 7.62. The lowest BCUT2D eigenvalue weighted by atomic mass is 10.1. The average molecular weight is 445 g/mol. The molecule has 8 heteroatoms. The van der Waals surface area contributed by atoms with Crippen molar-refractivity contribution in [1.82, 2.24) is 19.7 Å². The van der Waals surface area contributed by atoms with Gasteiger partial charge in [-0.1, -0.05) is 12.1 Å². The van der Waals surface area contributed by atoms with E-state index >= 15 is 0 Å². The van der Waals surface area contributed by atoms with E-state index in [1.165, 1.54) is 10.9 Å². The normalized spacial score (nSPS) is 13.8. The number of aromatic nitrogens is 4. The van der Waals surface area contributed by atoms with E-state index in [2.05, 4.69) is 61.5 Å². The molecule has 1 aliphatic rings. The van der Waals surface area contributed by atoms with Crippen molar-refractivity contribution in [3.63, 3.8) is 0 Å². The van der Waals surface area contributed by atoms with Gasteiger partial charge in [-0.3, -0.25) is 4.68 Å². The van der Waals surface area contributed by atoms with Gasteiger partial charge in [0.1, 0.15) is 16.6 Å². The van der Waals surface area contributed by atoms with Crippen LogP contribution in [0.3, 0.4) is 0 Å². The highest BCUT2D eigenvalue weighted by atomic mass is 32.1. The van der Waals surface area contributed by atoms with Crippen molar-refractivity contribution in [2.24, 2.45) is 7.05 Å². The SMILES string of the molecule is C=S=C(Nc1cc2cc(-c3cnn(C)c3)ccc2cn1)c1ccnc(N2CCOCC2)c1. The zero-order valence-electron chi connectivity index (χ0n) is 17.9. The summed E-state index contributed by atoms with van der Waals surface area (Å²) in [5.74, 6) is 5.77. The molecule has 162 valence electrons. The molecule has 7 nitrogen and oxygen atoms in total. The number of hydrogen-bond donors (Lipinski definition) is 1. The van der Waals surface area contributed by atoms with E-state index in [9.17, 15) is 0 Å². The number of anilines is 2. The number of nitrogens with zero attached hydrogens (tertiary/aromatic N) is 5. The highest BCUT2D eigenvalue weighted by molar-refractivity contribution is 7.96. The lowest BCUT2D eigenvalue weighted by Crippen LogP contribution is -2.36. The fourth-order valence-electron chi connectivity index (χ4n) is 3.79. The van der Waals surface area contributed by atoms with E-state index in [-0.39, 0.29) is 0 Å². The van der Waals surface area contributed by atoms with Crippen LogP contribution in [0, 0.1) is 0 Å². The Hall–Kier alpha value is -3.49. The first-order valence-corrected chi connectivity index (χ1v) is 11.4. The van der Waals surface area contributed by atoms with Crippen LogP contribution in [-0.2, 0) is 11.8 Å². The topological polar surface area (TPSA) is 68.1 Å². The fraction of sp³-hybridized carbons (Fsp3) is 0.208. The standard InChI is InChI=1S/C24H24N6OS/c1-29-16-21(15-27-29)17-3-4-19-14-26-22(12-20(19)11-17)28-24(32-2)18-5-6-25-23(13-18)30-7-9-31-10-8-30/h3-6,11-16H,2,7-10H2,1H3,(H,26,28). The highest BCUT2D eigenvalue weighted by Crippen LogP contribution is 2.25. The Morgan fingerprint density at radius 3 is 2.69 bits per heavy atom. The quantitative estimate of drug-likeness (QED) is 0.485. The minimum Gasteiger partial charge on any atom is -0.378 e. The second-order valence-electron chi connectivity index (χ2n) is 7.63. The van der Waals surface area contributed by atoms with E-state index in [0.29, 0.717) is 0 Å². The molecule has 1 aromatic carbocycles. The van der Waals surface area contributed by atoms with Crippen LogP contribution >= 0.6 is 10.9 Å². The zero-order chi connectivity index (χ0) is 21.9. The van der Waals surface area contributed by atoms with Crippen LogP contribution in [0.1, 0.15) is 5.56 Å². The molecule has 0 radical (unpaired) electrons. The van der Waals surface area contributed by atoms with Gasteiger partial charge in [-0.25, -0.2) is 9.97 Å². The predicted molar refractivity (Wildman–Crippen MR) is 134 cm³/mol. The number of nitrogens with one attached hydrogen (secondary N) is 1. The van der Waals surface area contributed by atoms with Crippen LogP contribution in [0.2, 0.25) is 0 Å². The Bertz CT molecular complexity index is 1320. The lowest BCUT2D eigenvalue weighted by Gasteiger charge is -2.28. The van der Waals surface area contributed by atoms with E-state index in [4.69, 9.17) is 4.74 Å². The van der Waals surface area contributed by atoms with Gasteiger partial charge in [0.05, 0.1) is 19.4 Å². The van der Waals surface area contributed by atoms with Crippen LogP contribution in [0.4, 0.5) is 11.6 Å². The Kier molecular flexibility index (Phi) is 5.70. The molecule has 1 fully saturated rings. The predicted octanol–water partition coefficient (Wildman–Crippen LogP) is 3.62. The molecule has 1 N–H and O–H groups in total. The third-order valence-corrected chi connectivity index (χ3v) is 6.12. The van der Waals surface area contributed by atoms with Crippen molar-refractivity contribution < 1.29 is 4.74 Å². The molecule has 0 amide bonds. The summed E-state index contributed by atoms with van der Waals surface area (Å²) in [7, 11) is 3.34. The Morgan fingerprint density at radius 2 is 1.91 bits per heavy atom. The van der Waals surface area contributed by atoms with Crippen molar-refractivity contribution in [2.45, 2.75) is 0 Å². The van der Waals surface area contributed by atoms with Crippen molar-refractivity contribution in [2.75, 3.05) is 36.5 Å². The molecule has 0 atom stereocenters. The fourth-order valence-corrected chi connectivity index (χ4v) is 4.26. The van der Waals surface area contributed by atoms with Crippen LogP contribution in [0.25, 0.3) is 21.9 Å². The molecule has 0 bridgehead atoms. The van der Waals surface area contributed by atoms with Gasteiger partial charge in [0.25, 0.3) is 0 Å². The summed E-state index contributed by atoms with van der Waals surface area (Å²) in [6, 6.07) is 12.5. The number of benzene rings is 1. The summed E-state index contributed by atoms with van der Waals surface area (Å²) in [5.41, 5.74) is 3.25.